The number of halogens is 1. The van der Waals surface area contributed by atoms with E-state index < -0.39 is 17.5 Å². The van der Waals surface area contributed by atoms with Crippen molar-refractivity contribution >= 4 is 6.09 Å². The number of rotatable bonds is 6. The lowest BCUT2D eigenvalue weighted by atomic mass is 10.1. The first-order valence-corrected chi connectivity index (χ1v) is 7.92. The van der Waals surface area contributed by atoms with Gasteiger partial charge in [0.05, 0.1) is 0 Å². The Morgan fingerprint density at radius 3 is 2.70 bits per heavy atom. The van der Waals surface area contributed by atoms with Crippen LogP contribution in [0.15, 0.2) is 18.2 Å². The Morgan fingerprint density at radius 2 is 2.13 bits per heavy atom. The first-order chi connectivity index (χ1) is 10.7. The summed E-state index contributed by atoms with van der Waals surface area (Å²) in [6.45, 7) is 6.42. The van der Waals surface area contributed by atoms with E-state index in [0.29, 0.717) is 19.0 Å². The van der Waals surface area contributed by atoms with Crippen LogP contribution in [0.25, 0.3) is 0 Å². The molecule has 23 heavy (non-hydrogen) atoms. The molecule has 1 aliphatic rings. The van der Waals surface area contributed by atoms with Gasteiger partial charge in [-0.3, -0.25) is 0 Å². The smallest absolute Gasteiger partial charge is 0.407 e. The molecular weight excluding hydrogens is 299 g/mol. The molecule has 5 nitrogen and oxygen atoms in total. The van der Waals surface area contributed by atoms with Gasteiger partial charge in [0.25, 0.3) is 0 Å². The average molecular weight is 324 g/mol. The Balaban J connectivity index is 1.82. The maximum Gasteiger partial charge on any atom is 0.407 e. The van der Waals surface area contributed by atoms with Gasteiger partial charge in [-0.2, -0.15) is 0 Å². The van der Waals surface area contributed by atoms with Gasteiger partial charge in [-0.15, -0.1) is 0 Å². The fourth-order valence-electron chi connectivity index (χ4n) is 2.32. The third-order valence-electron chi connectivity index (χ3n) is 3.64. The molecular formula is C17H25FN2O3. The summed E-state index contributed by atoms with van der Waals surface area (Å²) in [6, 6.07) is 4.46. The lowest BCUT2D eigenvalue weighted by Gasteiger charge is -2.22. The van der Waals surface area contributed by atoms with Crippen LogP contribution in [-0.4, -0.2) is 29.4 Å². The first-order valence-electron chi connectivity index (χ1n) is 7.92. The molecule has 0 spiro atoms. The fraction of sp³-hybridized carbons (Fsp3) is 0.588. The van der Waals surface area contributed by atoms with Gasteiger partial charge in [0, 0.05) is 19.1 Å². The van der Waals surface area contributed by atoms with Crippen LogP contribution in [-0.2, 0) is 11.3 Å². The Labute approximate surface area is 136 Å². The summed E-state index contributed by atoms with van der Waals surface area (Å²) in [7, 11) is 0. The number of amides is 1. The summed E-state index contributed by atoms with van der Waals surface area (Å²) >= 11 is 0. The van der Waals surface area contributed by atoms with Crippen molar-refractivity contribution in [3.63, 3.8) is 0 Å². The van der Waals surface area contributed by atoms with Crippen molar-refractivity contribution in [2.24, 2.45) is 5.92 Å². The van der Waals surface area contributed by atoms with Gasteiger partial charge in [-0.05, 0) is 57.2 Å². The van der Waals surface area contributed by atoms with Crippen molar-refractivity contribution in [2.45, 2.75) is 51.8 Å². The van der Waals surface area contributed by atoms with Gasteiger partial charge >= 0.3 is 6.09 Å². The van der Waals surface area contributed by atoms with E-state index in [-0.39, 0.29) is 11.8 Å². The maximum atomic E-state index is 13.3. The molecule has 1 aromatic carbocycles. The number of phenolic OH excluding ortho intramolecular Hbond substituents is 1. The van der Waals surface area contributed by atoms with Crippen molar-refractivity contribution < 1.29 is 19.0 Å². The van der Waals surface area contributed by atoms with E-state index >= 15 is 0 Å². The summed E-state index contributed by atoms with van der Waals surface area (Å²) in [5, 5.41) is 15.3. The van der Waals surface area contributed by atoms with Gasteiger partial charge in [-0.1, -0.05) is 6.07 Å². The molecule has 1 fully saturated rings. The summed E-state index contributed by atoms with van der Waals surface area (Å²) in [5.74, 6) is -0.454. The van der Waals surface area contributed by atoms with E-state index in [0.717, 1.165) is 18.4 Å². The lowest BCUT2D eigenvalue weighted by Crippen LogP contribution is -2.43. The number of nitrogens with one attached hydrogen (secondary N) is 2. The van der Waals surface area contributed by atoms with Crippen LogP contribution in [0, 0.1) is 11.7 Å². The Morgan fingerprint density at radius 1 is 1.43 bits per heavy atom. The number of phenols is 1. The third kappa shape index (κ3) is 6.06. The third-order valence-corrected chi connectivity index (χ3v) is 3.64. The second-order valence-electron chi connectivity index (χ2n) is 6.99. The predicted octanol–water partition coefficient (Wildman–Crippen LogP) is 2.92. The summed E-state index contributed by atoms with van der Waals surface area (Å²) in [6.07, 6.45) is 1.82. The van der Waals surface area contributed by atoms with E-state index in [4.69, 9.17) is 4.74 Å². The molecule has 2 rings (SSSR count). The zero-order chi connectivity index (χ0) is 17.0. The molecule has 1 aromatic rings. The molecule has 0 heterocycles. The summed E-state index contributed by atoms with van der Waals surface area (Å²) in [4.78, 5) is 11.7. The van der Waals surface area contributed by atoms with Gasteiger partial charge in [0.1, 0.15) is 5.60 Å². The normalized spacial score (nSPS) is 16.0. The highest BCUT2D eigenvalue weighted by Gasteiger charge is 2.31. The fourth-order valence-corrected chi connectivity index (χ4v) is 2.32. The van der Waals surface area contributed by atoms with E-state index in [9.17, 15) is 14.3 Å². The molecule has 1 atom stereocenters. The second kappa shape index (κ2) is 7.17. The van der Waals surface area contributed by atoms with Crippen LogP contribution >= 0.6 is 0 Å². The minimum Gasteiger partial charge on any atom is -0.505 e. The molecule has 0 aliphatic heterocycles. The predicted molar refractivity (Wildman–Crippen MR) is 85.7 cm³/mol. The molecule has 1 saturated carbocycles. The average Bonchev–Trinajstić information content (AvgIpc) is 3.25. The molecule has 0 aromatic heterocycles. The highest BCUT2D eigenvalue weighted by molar-refractivity contribution is 5.67. The molecule has 1 unspecified atom stereocenters. The monoisotopic (exact) mass is 324 g/mol. The number of ether oxygens (including phenoxy) is 1. The number of hydrogen-bond acceptors (Lipinski definition) is 4. The van der Waals surface area contributed by atoms with Crippen molar-refractivity contribution in [3.05, 3.63) is 29.6 Å². The molecule has 0 bridgehead atoms. The molecule has 128 valence electrons. The van der Waals surface area contributed by atoms with E-state index in [1.165, 1.54) is 12.1 Å². The lowest BCUT2D eigenvalue weighted by molar-refractivity contribution is 0.0521. The topological polar surface area (TPSA) is 70.6 Å². The van der Waals surface area contributed by atoms with E-state index in [1.807, 2.05) is 20.8 Å². The number of carbonyl (C=O) groups is 1. The number of benzene rings is 1. The van der Waals surface area contributed by atoms with Crippen molar-refractivity contribution in [3.8, 4) is 5.75 Å². The highest BCUT2D eigenvalue weighted by atomic mass is 19.1. The van der Waals surface area contributed by atoms with Crippen molar-refractivity contribution in [2.75, 3.05) is 6.54 Å². The summed E-state index contributed by atoms with van der Waals surface area (Å²) < 4.78 is 18.6. The zero-order valence-electron chi connectivity index (χ0n) is 13.9. The van der Waals surface area contributed by atoms with Crippen LogP contribution in [0.3, 0.4) is 0 Å². The molecule has 0 saturated heterocycles. The SMILES string of the molecule is CC(C)(C)OC(=O)NCC(NCc1ccc(O)c(F)c1)C1CC1. The molecule has 0 radical (unpaired) electrons. The maximum absolute atomic E-state index is 13.3. The van der Waals surface area contributed by atoms with Crippen LogP contribution in [0.4, 0.5) is 9.18 Å². The van der Waals surface area contributed by atoms with Crippen molar-refractivity contribution in [1.82, 2.24) is 10.6 Å². The van der Waals surface area contributed by atoms with Gasteiger partial charge in [0.15, 0.2) is 11.6 Å². The second-order valence-corrected chi connectivity index (χ2v) is 6.99. The zero-order valence-corrected chi connectivity index (χ0v) is 13.9. The minimum atomic E-state index is -0.626. The molecule has 1 aliphatic carbocycles. The Bertz CT molecular complexity index is 553. The van der Waals surface area contributed by atoms with Crippen LogP contribution in [0.2, 0.25) is 0 Å². The molecule has 1 amide bonds. The number of hydrogen-bond donors (Lipinski definition) is 3. The van der Waals surface area contributed by atoms with E-state index in [1.54, 1.807) is 6.07 Å². The van der Waals surface area contributed by atoms with Gasteiger partial charge in [0.2, 0.25) is 0 Å². The number of carbonyl (C=O) groups excluding carboxylic acids is 1. The number of aromatic hydroxyl groups is 1. The molecule has 3 N–H and O–H groups in total. The van der Waals surface area contributed by atoms with Crippen LogP contribution in [0.5, 0.6) is 5.75 Å². The molecule has 6 heteroatoms. The number of alkyl carbamates (subject to hydrolysis) is 1. The quantitative estimate of drug-likeness (QED) is 0.752. The minimum absolute atomic E-state index is 0.124. The van der Waals surface area contributed by atoms with Gasteiger partial charge in [-0.25, -0.2) is 9.18 Å². The largest absolute Gasteiger partial charge is 0.505 e. The standard InChI is InChI=1S/C17H25FN2O3/c1-17(2,3)23-16(22)20-10-14(12-5-6-12)19-9-11-4-7-15(21)13(18)8-11/h4,7-8,12,14,19,21H,5-6,9-10H2,1-3H3,(H,20,22). The first kappa shape index (κ1) is 17.5. The summed E-state index contributed by atoms with van der Waals surface area (Å²) in [5.41, 5.74) is 0.235. The Kier molecular flexibility index (Phi) is 5.46. The van der Waals surface area contributed by atoms with Crippen LogP contribution in [0.1, 0.15) is 39.2 Å². The Hall–Kier alpha value is -1.82. The highest BCUT2D eigenvalue weighted by Crippen LogP contribution is 2.32. The van der Waals surface area contributed by atoms with Crippen molar-refractivity contribution in [1.29, 1.82) is 0 Å². The van der Waals surface area contributed by atoms with Crippen LogP contribution < -0.4 is 10.6 Å². The van der Waals surface area contributed by atoms with E-state index in [2.05, 4.69) is 10.6 Å². The van der Waals surface area contributed by atoms with Gasteiger partial charge < -0.3 is 20.5 Å².